The topological polar surface area (TPSA) is 28.7 Å². The maximum atomic E-state index is 4.44. The minimum absolute atomic E-state index is 1.03. The lowest BCUT2D eigenvalue weighted by Gasteiger charge is -2.03. The molecule has 0 saturated carbocycles. The normalized spacial score (nSPS) is 10.9. The molecule has 0 unspecified atom stereocenters. The number of aromatic nitrogens is 2. The van der Waals surface area contributed by atoms with Crippen molar-refractivity contribution in [3.63, 3.8) is 0 Å². The molecule has 0 saturated heterocycles. The Morgan fingerprint density at radius 3 is 2.92 bits per heavy atom. The summed E-state index contributed by atoms with van der Waals surface area (Å²) in [4.78, 5) is 1.03. The molecule has 2 nitrogen and oxygen atoms in total. The summed E-state index contributed by atoms with van der Waals surface area (Å²) in [6.07, 6.45) is 1.81. The van der Waals surface area contributed by atoms with E-state index in [0.29, 0.717) is 0 Å². The Labute approximate surface area is 76.4 Å². The fourth-order valence-corrected chi connectivity index (χ4v) is 1.66. The van der Waals surface area contributed by atoms with Crippen LogP contribution in [0, 0.1) is 13.8 Å². The van der Waals surface area contributed by atoms with Crippen molar-refractivity contribution >= 4 is 23.5 Å². The molecule has 0 atom stereocenters. The van der Waals surface area contributed by atoms with Crippen LogP contribution in [0.25, 0.3) is 10.9 Å². The van der Waals surface area contributed by atoms with E-state index < -0.39 is 0 Å². The van der Waals surface area contributed by atoms with Gasteiger partial charge in [0.15, 0.2) is 0 Å². The summed E-state index contributed by atoms with van der Waals surface area (Å²) in [6.45, 7) is 4.15. The molecule has 0 aliphatic carbocycles. The molecular formula is C9H10N2S. The number of rotatable bonds is 0. The Kier molecular flexibility index (Phi) is 1.61. The molecule has 62 valence electrons. The maximum Gasteiger partial charge on any atom is 0.0664 e. The van der Waals surface area contributed by atoms with Gasteiger partial charge in [0.05, 0.1) is 11.7 Å². The fraction of sp³-hybridized carbons (Fsp3) is 0.222. The number of fused-ring (bicyclic) bond motifs is 1. The van der Waals surface area contributed by atoms with Crippen molar-refractivity contribution in [3.05, 3.63) is 23.4 Å². The lowest BCUT2D eigenvalue weighted by molar-refractivity contribution is 1.12. The van der Waals surface area contributed by atoms with Crippen molar-refractivity contribution in [2.24, 2.45) is 0 Å². The quantitative estimate of drug-likeness (QED) is 0.596. The average Bonchev–Trinajstić information content (AvgIpc) is 2.48. The van der Waals surface area contributed by atoms with Gasteiger partial charge in [-0.25, -0.2) is 0 Å². The third-order valence-corrected chi connectivity index (χ3v) is 2.81. The van der Waals surface area contributed by atoms with E-state index in [-0.39, 0.29) is 0 Å². The number of nitrogens with zero attached hydrogens (tertiary/aromatic N) is 1. The van der Waals surface area contributed by atoms with Crippen LogP contribution in [0.1, 0.15) is 11.1 Å². The standard InChI is InChI=1S/C9H10N2S/c1-5-3-8-7(4-10-11-8)9(12)6(5)2/h3-4,12H,1-2H3,(H,10,11). The van der Waals surface area contributed by atoms with Crippen LogP contribution < -0.4 is 0 Å². The largest absolute Gasteiger partial charge is 0.278 e. The van der Waals surface area contributed by atoms with Gasteiger partial charge in [0.1, 0.15) is 0 Å². The minimum Gasteiger partial charge on any atom is -0.278 e. The second-order valence-corrected chi connectivity index (χ2v) is 3.45. The van der Waals surface area contributed by atoms with Gasteiger partial charge in [-0.1, -0.05) is 0 Å². The van der Waals surface area contributed by atoms with Gasteiger partial charge in [-0.2, -0.15) is 5.10 Å². The number of thiol groups is 1. The summed E-state index contributed by atoms with van der Waals surface area (Å²) in [5.41, 5.74) is 3.53. The number of aryl methyl sites for hydroxylation is 1. The van der Waals surface area contributed by atoms with Crippen molar-refractivity contribution in [1.29, 1.82) is 0 Å². The van der Waals surface area contributed by atoms with Crippen LogP contribution in [0.3, 0.4) is 0 Å². The first-order chi connectivity index (χ1) is 5.70. The number of hydrogen-bond acceptors (Lipinski definition) is 2. The van der Waals surface area contributed by atoms with E-state index in [1.54, 1.807) is 0 Å². The molecule has 1 heterocycles. The number of hydrogen-bond donors (Lipinski definition) is 2. The zero-order valence-corrected chi connectivity index (χ0v) is 7.94. The van der Waals surface area contributed by atoms with Gasteiger partial charge in [0.25, 0.3) is 0 Å². The molecule has 0 amide bonds. The summed E-state index contributed by atoms with van der Waals surface area (Å²) in [6, 6.07) is 2.09. The molecule has 3 heteroatoms. The molecule has 1 aromatic carbocycles. The zero-order chi connectivity index (χ0) is 8.72. The second kappa shape index (κ2) is 2.52. The average molecular weight is 178 g/mol. The van der Waals surface area contributed by atoms with Crippen LogP contribution >= 0.6 is 12.6 Å². The van der Waals surface area contributed by atoms with Crippen molar-refractivity contribution in [1.82, 2.24) is 10.2 Å². The molecule has 2 rings (SSSR count). The Bertz CT molecular complexity index is 431. The molecule has 1 N–H and O–H groups in total. The van der Waals surface area contributed by atoms with E-state index in [2.05, 4.69) is 42.7 Å². The second-order valence-electron chi connectivity index (χ2n) is 3.00. The Hall–Kier alpha value is -0.960. The molecule has 0 spiro atoms. The van der Waals surface area contributed by atoms with E-state index in [0.717, 1.165) is 15.8 Å². The highest BCUT2D eigenvalue weighted by Gasteiger charge is 2.04. The molecule has 0 bridgehead atoms. The SMILES string of the molecule is Cc1cc2[nH]ncc2c(S)c1C. The summed E-state index contributed by atoms with van der Waals surface area (Å²) >= 11 is 4.44. The third kappa shape index (κ3) is 0.932. The summed E-state index contributed by atoms with van der Waals surface area (Å²) in [5.74, 6) is 0. The highest BCUT2D eigenvalue weighted by molar-refractivity contribution is 7.80. The van der Waals surface area contributed by atoms with Crippen molar-refractivity contribution in [2.75, 3.05) is 0 Å². The van der Waals surface area contributed by atoms with Gasteiger partial charge in [0, 0.05) is 10.3 Å². The monoisotopic (exact) mass is 178 g/mol. The predicted molar refractivity (Wildman–Crippen MR) is 52.8 cm³/mol. The molecule has 0 aliphatic rings. The van der Waals surface area contributed by atoms with E-state index in [4.69, 9.17) is 0 Å². The van der Waals surface area contributed by atoms with Gasteiger partial charge >= 0.3 is 0 Å². The van der Waals surface area contributed by atoms with E-state index in [1.807, 2.05) is 6.20 Å². The minimum atomic E-state index is 1.03. The molecule has 0 aliphatic heterocycles. The van der Waals surface area contributed by atoms with Crippen molar-refractivity contribution < 1.29 is 0 Å². The smallest absolute Gasteiger partial charge is 0.0664 e. The lowest BCUT2D eigenvalue weighted by atomic mass is 10.1. The maximum absolute atomic E-state index is 4.44. The van der Waals surface area contributed by atoms with Gasteiger partial charge in [-0.05, 0) is 31.0 Å². The van der Waals surface area contributed by atoms with Crippen LogP contribution in [0.15, 0.2) is 17.2 Å². The highest BCUT2D eigenvalue weighted by Crippen LogP contribution is 2.26. The van der Waals surface area contributed by atoms with Crippen molar-refractivity contribution in [3.8, 4) is 0 Å². The third-order valence-electron chi connectivity index (χ3n) is 2.23. The first-order valence-corrected chi connectivity index (χ1v) is 4.27. The lowest BCUT2D eigenvalue weighted by Crippen LogP contribution is -1.83. The van der Waals surface area contributed by atoms with E-state index >= 15 is 0 Å². The van der Waals surface area contributed by atoms with Gasteiger partial charge in [-0.15, -0.1) is 12.6 Å². The number of H-pyrrole nitrogens is 1. The van der Waals surface area contributed by atoms with Crippen molar-refractivity contribution in [2.45, 2.75) is 18.7 Å². The van der Waals surface area contributed by atoms with E-state index in [1.165, 1.54) is 11.1 Å². The summed E-state index contributed by atoms with van der Waals surface area (Å²) in [5, 5.41) is 8.00. The van der Waals surface area contributed by atoms with Gasteiger partial charge < -0.3 is 0 Å². The first-order valence-electron chi connectivity index (χ1n) is 3.82. The molecule has 0 fully saturated rings. The van der Waals surface area contributed by atoms with Crippen LogP contribution in [-0.2, 0) is 0 Å². The predicted octanol–water partition coefficient (Wildman–Crippen LogP) is 2.47. The highest BCUT2D eigenvalue weighted by atomic mass is 32.1. The zero-order valence-electron chi connectivity index (χ0n) is 7.05. The molecule has 2 aromatic rings. The number of nitrogens with one attached hydrogen (secondary N) is 1. The summed E-state index contributed by atoms with van der Waals surface area (Å²) < 4.78 is 0. The number of benzene rings is 1. The van der Waals surface area contributed by atoms with Crippen LogP contribution in [0.4, 0.5) is 0 Å². The van der Waals surface area contributed by atoms with Gasteiger partial charge in [-0.3, -0.25) is 5.10 Å². The van der Waals surface area contributed by atoms with Crippen LogP contribution in [0.5, 0.6) is 0 Å². The first kappa shape index (κ1) is 7.68. The Morgan fingerprint density at radius 1 is 1.42 bits per heavy atom. The fourth-order valence-electron chi connectivity index (χ4n) is 1.31. The number of aromatic amines is 1. The van der Waals surface area contributed by atoms with Gasteiger partial charge in [0.2, 0.25) is 0 Å². The Morgan fingerprint density at radius 2 is 2.17 bits per heavy atom. The molecular weight excluding hydrogens is 168 g/mol. The molecule has 12 heavy (non-hydrogen) atoms. The molecule has 0 radical (unpaired) electrons. The summed E-state index contributed by atoms with van der Waals surface area (Å²) in [7, 11) is 0. The Balaban J connectivity index is 2.94. The van der Waals surface area contributed by atoms with Crippen LogP contribution in [0.2, 0.25) is 0 Å². The molecule has 1 aromatic heterocycles. The van der Waals surface area contributed by atoms with Crippen LogP contribution in [-0.4, -0.2) is 10.2 Å². The van der Waals surface area contributed by atoms with E-state index in [9.17, 15) is 0 Å².